The van der Waals surface area contributed by atoms with Crippen LogP contribution in [0.15, 0.2) is 30.6 Å². The Hall–Kier alpha value is -2.54. The molecule has 0 amide bonds. The van der Waals surface area contributed by atoms with Crippen LogP contribution in [0.1, 0.15) is 46.1 Å². The largest absolute Gasteiger partial charge is 2.00 e. The maximum Gasteiger partial charge on any atom is 2.00 e. The minimum atomic E-state index is -0.854. The normalized spacial score (nSPS) is 9.44. The third-order valence-corrected chi connectivity index (χ3v) is 2.78. The molecule has 8 nitrogen and oxygen atoms in total. The van der Waals surface area contributed by atoms with Crippen molar-refractivity contribution in [2.75, 3.05) is 0 Å². The Morgan fingerprint density at radius 1 is 0.800 bits per heavy atom. The van der Waals surface area contributed by atoms with Gasteiger partial charge in [-0.05, 0) is 51.3 Å². The first-order chi connectivity index (χ1) is 11.0. The van der Waals surface area contributed by atoms with Crippen LogP contribution in [0.5, 0.6) is 11.9 Å². The molecule has 0 atom stereocenters. The molecule has 2 aromatic heterocycles. The zero-order chi connectivity index (χ0) is 18.6. The van der Waals surface area contributed by atoms with Crippen LogP contribution in [-0.2, 0) is 19.5 Å². The van der Waals surface area contributed by atoms with E-state index >= 15 is 0 Å². The van der Waals surface area contributed by atoms with Gasteiger partial charge in [-0.25, -0.2) is 0 Å². The van der Waals surface area contributed by atoms with Crippen LogP contribution in [0.3, 0.4) is 0 Å². The van der Waals surface area contributed by atoms with Gasteiger partial charge in [0.25, 0.3) is 0 Å². The number of aryl methyl sites for hydroxylation is 2. The monoisotopic (exact) mass is 398 g/mol. The number of Topliss-reactive ketones (excluding diaryl/α,β-unsaturated/α-hetero) is 2. The summed E-state index contributed by atoms with van der Waals surface area (Å²) in [6, 6.07) is 2.25. The number of rotatable bonds is 2. The van der Waals surface area contributed by atoms with Crippen molar-refractivity contribution in [2.45, 2.75) is 27.7 Å². The fraction of sp³-hybridized carbons (Fsp3) is 0.250. The van der Waals surface area contributed by atoms with E-state index < -0.39 is 45.4 Å². The van der Waals surface area contributed by atoms with Gasteiger partial charge in [0.15, 0.2) is 22.4 Å². The van der Waals surface area contributed by atoms with Crippen molar-refractivity contribution in [3.63, 3.8) is 0 Å². The van der Waals surface area contributed by atoms with E-state index in [9.17, 15) is 29.4 Å². The topological polar surface area (TPSA) is 141 Å². The van der Waals surface area contributed by atoms with Gasteiger partial charge in [-0.15, -0.1) is 0 Å². The molecule has 0 aromatic carbocycles. The number of ketones is 2. The summed E-state index contributed by atoms with van der Waals surface area (Å²) in [5.41, 5.74) is -1.95. The second-order valence-electron chi connectivity index (χ2n) is 4.88. The van der Waals surface area contributed by atoms with Crippen LogP contribution in [0.4, 0.5) is 0 Å². The maximum atomic E-state index is 11.0. The predicted molar refractivity (Wildman–Crippen MR) is 78.3 cm³/mol. The van der Waals surface area contributed by atoms with Crippen molar-refractivity contribution in [3.05, 3.63) is 55.2 Å². The van der Waals surface area contributed by atoms with Crippen molar-refractivity contribution in [2.24, 2.45) is 0 Å². The van der Waals surface area contributed by atoms with E-state index in [4.69, 9.17) is 0 Å². The molecule has 2 rings (SSSR count). The van der Waals surface area contributed by atoms with Crippen molar-refractivity contribution < 1.29 is 48.1 Å². The quantitative estimate of drug-likeness (QED) is 0.523. The molecule has 0 aliphatic carbocycles. The Morgan fingerprint density at radius 2 is 1.08 bits per heavy atom. The summed E-state index contributed by atoms with van der Waals surface area (Å²) in [4.78, 5) is 43.5. The Kier molecular flexibility index (Phi) is 8.16. The molecule has 0 unspecified atom stereocenters. The number of carbonyl (C=O) groups excluding carboxylic acids is 2. The third-order valence-electron chi connectivity index (χ3n) is 2.78. The molecule has 0 saturated carbocycles. The SMILES string of the molecule is CC(=O)c1c([O-])oc(C)cc1=O.CC(=O)c1c([O-])oc(C)cc1=O.[Zn+2]. The molecular weight excluding hydrogens is 386 g/mol. The van der Waals surface area contributed by atoms with E-state index in [-0.39, 0.29) is 31.0 Å². The molecule has 9 heteroatoms. The summed E-state index contributed by atoms with van der Waals surface area (Å²) in [6.45, 7) is 5.27. The Labute approximate surface area is 154 Å². The average Bonchev–Trinajstić information content (AvgIpc) is 2.35. The second-order valence-corrected chi connectivity index (χ2v) is 4.88. The molecule has 2 heterocycles. The van der Waals surface area contributed by atoms with E-state index in [1.54, 1.807) is 0 Å². The smallest absolute Gasteiger partial charge is 0.583 e. The molecular formula is C16H14O8Zn. The molecule has 128 valence electrons. The molecule has 25 heavy (non-hydrogen) atoms. The van der Waals surface area contributed by atoms with Crippen molar-refractivity contribution >= 4 is 11.6 Å². The molecule has 0 aliphatic heterocycles. The van der Waals surface area contributed by atoms with Crippen molar-refractivity contribution in [3.8, 4) is 11.9 Å². The molecule has 0 bridgehead atoms. The van der Waals surface area contributed by atoms with Crippen LogP contribution < -0.4 is 21.1 Å². The fourth-order valence-corrected chi connectivity index (χ4v) is 1.80. The molecule has 0 radical (unpaired) electrons. The predicted octanol–water partition coefficient (Wildman–Crippen LogP) is 0.446. The first kappa shape index (κ1) is 22.5. The van der Waals surface area contributed by atoms with Gasteiger partial charge in [0.2, 0.25) is 0 Å². The van der Waals surface area contributed by atoms with Crippen molar-refractivity contribution in [1.29, 1.82) is 0 Å². The van der Waals surface area contributed by atoms with E-state index in [1.165, 1.54) is 13.8 Å². The third kappa shape index (κ3) is 5.79. The van der Waals surface area contributed by atoms with Gasteiger partial charge in [0, 0.05) is 0 Å². The fourth-order valence-electron chi connectivity index (χ4n) is 1.80. The van der Waals surface area contributed by atoms with E-state index in [1.807, 2.05) is 0 Å². The van der Waals surface area contributed by atoms with Crippen molar-refractivity contribution in [1.82, 2.24) is 0 Å². The van der Waals surface area contributed by atoms with E-state index in [0.717, 1.165) is 26.0 Å². The number of hydrogen-bond acceptors (Lipinski definition) is 8. The van der Waals surface area contributed by atoms with Crippen LogP contribution in [-0.4, -0.2) is 11.6 Å². The number of hydrogen-bond donors (Lipinski definition) is 0. The zero-order valence-corrected chi connectivity index (χ0v) is 17.1. The van der Waals surface area contributed by atoms with Gasteiger partial charge in [-0.3, -0.25) is 19.2 Å². The maximum absolute atomic E-state index is 11.0. The van der Waals surface area contributed by atoms with Crippen LogP contribution in [0.25, 0.3) is 0 Å². The van der Waals surface area contributed by atoms with Gasteiger partial charge in [0.05, 0.1) is 23.0 Å². The molecule has 0 N–H and O–H groups in total. The van der Waals surface area contributed by atoms with Crippen LogP contribution in [0, 0.1) is 13.8 Å². The summed E-state index contributed by atoms with van der Waals surface area (Å²) in [5.74, 6) is -2.40. The van der Waals surface area contributed by atoms with Gasteiger partial charge >= 0.3 is 19.5 Å². The molecule has 2 aromatic rings. The van der Waals surface area contributed by atoms with Crippen LogP contribution >= 0.6 is 0 Å². The second kappa shape index (κ2) is 9.08. The summed E-state index contributed by atoms with van der Waals surface area (Å²) in [6.07, 6.45) is 0. The summed E-state index contributed by atoms with van der Waals surface area (Å²) in [7, 11) is 0. The van der Waals surface area contributed by atoms with Gasteiger partial charge in [0.1, 0.15) is 0 Å². The standard InChI is InChI=1S/2C8H8O4.Zn/c2*1-4-3-6(10)7(5(2)9)8(11)12-4;/h2*3,11H,1-2H3;/q;;+2/p-2. The Morgan fingerprint density at radius 3 is 1.28 bits per heavy atom. The first-order valence-electron chi connectivity index (χ1n) is 6.70. The minimum absolute atomic E-state index is 0. The van der Waals surface area contributed by atoms with Crippen LogP contribution in [0.2, 0.25) is 0 Å². The van der Waals surface area contributed by atoms with Gasteiger partial charge in [-0.2, -0.15) is 0 Å². The van der Waals surface area contributed by atoms with E-state index in [2.05, 4.69) is 8.83 Å². The molecule has 0 saturated heterocycles. The summed E-state index contributed by atoms with van der Waals surface area (Å²) >= 11 is 0. The summed E-state index contributed by atoms with van der Waals surface area (Å²) in [5, 5.41) is 21.8. The van der Waals surface area contributed by atoms with E-state index in [0.29, 0.717) is 0 Å². The molecule has 0 fully saturated rings. The Bertz CT molecular complexity index is 832. The molecule has 0 aliphatic rings. The average molecular weight is 400 g/mol. The first-order valence-corrected chi connectivity index (χ1v) is 6.70. The summed E-state index contributed by atoms with van der Waals surface area (Å²) < 4.78 is 9.15. The molecule has 0 spiro atoms. The minimum Gasteiger partial charge on any atom is -0.583 e. The zero-order valence-electron chi connectivity index (χ0n) is 14.1. The number of carbonyl (C=O) groups is 2. The van der Waals surface area contributed by atoms with Gasteiger partial charge < -0.3 is 19.0 Å². The Balaban J connectivity index is 0.000000443. The van der Waals surface area contributed by atoms with Gasteiger partial charge in [-0.1, -0.05) is 0 Å².